The van der Waals surface area contributed by atoms with Crippen LogP contribution in [0.15, 0.2) is 21.6 Å². The number of likely N-dealkylation sites (N-methyl/N-ethyl adjacent to an activating group) is 1. The number of benzene rings is 1. The molecule has 7 nitrogen and oxygen atoms in total. The lowest BCUT2D eigenvalue weighted by molar-refractivity contribution is 0.418. The van der Waals surface area contributed by atoms with Gasteiger partial charge in [-0.3, -0.25) is 0 Å². The summed E-state index contributed by atoms with van der Waals surface area (Å²) in [6.07, 6.45) is 0.618. The van der Waals surface area contributed by atoms with Crippen LogP contribution in [0.5, 0.6) is 0 Å². The number of hydrogen-bond acceptors (Lipinski definition) is 6. The molecule has 0 bridgehead atoms. The molecule has 9 heteroatoms. The first-order chi connectivity index (χ1) is 10.2. The summed E-state index contributed by atoms with van der Waals surface area (Å²) in [5.41, 5.74) is 1.96. The van der Waals surface area contributed by atoms with E-state index in [1.807, 2.05) is 27.0 Å². The lowest BCUT2D eigenvalue weighted by Gasteiger charge is -2.08. The zero-order valence-electron chi connectivity index (χ0n) is 13.5. The molecule has 0 aliphatic heterocycles. The normalized spacial score (nSPS) is 12.7. The van der Waals surface area contributed by atoms with Gasteiger partial charge in [-0.15, -0.1) is 12.4 Å². The third-order valence-corrected chi connectivity index (χ3v) is 4.66. The van der Waals surface area contributed by atoms with Gasteiger partial charge in [0, 0.05) is 18.0 Å². The number of sulfonamides is 1. The molecule has 0 radical (unpaired) electrons. The van der Waals surface area contributed by atoms with E-state index in [1.165, 1.54) is 6.07 Å². The number of nitrogens with one attached hydrogen (secondary N) is 1. The highest BCUT2D eigenvalue weighted by Gasteiger charge is 2.18. The second kappa shape index (κ2) is 7.39. The van der Waals surface area contributed by atoms with E-state index in [0.29, 0.717) is 23.4 Å². The fourth-order valence-electron chi connectivity index (χ4n) is 2.08. The summed E-state index contributed by atoms with van der Waals surface area (Å²) in [6.45, 7) is 5.53. The molecule has 23 heavy (non-hydrogen) atoms. The van der Waals surface area contributed by atoms with E-state index in [9.17, 15) is 8.42 Å². The first kappa shape index (κ1) is 19.6. The quantitative estimate of drug-likeness (QED) is 0.837. The van der Waals surface area contributed by atoms with E-state index in [4.69, 9.17) is 9.66 Å². The van der Waals surface area contributed by atoms with Crippen LogP contribution >= 0.6 is 12.4 Å². The zero-order valence-corrected chi connectivity index (χ0v) is 15.1. The number of halogens is 1. The van der Waals surface area contributed by atoms with Gasteiger partial charge in [0.05, 0.1) is 4.90 Å². The van der Waals surface area contributed by atoms with Crippen molar-refractivity contribution in [1.29, 1.82) is 0 Å². The van der Waals surface area contributed by atoms with Crippen LogP contribution in [0, 0.1) is 13.8 Å². The van der Waals surface area contributed by atoms with Gasteiger partial charge in [-0.25, -0.2) is 13.6 Å². The number of aryl methyl sites for hydroxylation is 1. The van der Waals surface area contributed by atoms with Gasteiger partial charge < -0.3 is 9.84 Å². The van der Waals surface area contributed by atoms with Crippen molar-refractivity contribution in [2.45, 2.75) is 38.1 Å². The summed E-state index contributed by atoms with van der Waals surface area (Å²) in [6, 6.07) is 3.49. The molecule has 128 valence electrons. The minimum atomic E-state index is -3.80. The van der Waals surface area contributed by atoms with E-state index in [0.717, 1.165) is 5.56 Å². The van der Waals surface area contributed by atoms with Crippen molar-refractivity contribution in [1.82, 2.24) is 15.5 Å². The molecule has 0 fully saturated rings. The Hall–Kier alpha value is -1.48. The Bertz CT molecular complexity index is 789. The van der Waals surface area contributed by atoms with E-state index in [2.05, 4.69) is 15.5 Å². The minimum absolute atomic E-state index is 0. The van der Waals surface area contributed by atoms with Crippen molar-refractivity contribution >= 4 is 22.4 Å². The van der Waals surface area contributed by atoms with E-state index in [-0.39, 0.29) is 29.2 Å². The summed E-state index contributed by atoms with van der Waals surface area (Å²) in [4.78, 5) is 4.38. The van der Waals surface area contributed by atoms with Crippen LogP contribution < -0.4 is 10.5 Å². The predicted octanol–water partition coefficient (Wildman–Crippen LogP) is 1.57. The third-order valence-electron chi connectivity index (χ3n) is 3.62. The number of rotatable bonds is 5. The van der Waals surface area contributed by atoms with E-state index < -0.39 is 10.0 Å². The Labute approximate surface area is 142 Å². The first-order valence-electron chi connectivity index (χ1n) is 6.86. The van der Waals surface area contributed by atoms with Crippen molar-refractivity contribution in [2.24, 2.45) is 5.14 Å². The maximum atomic E-state index is 11.7. The van der Waals surface area contributed by atoms with Crippen molar-refractivity contribution < 1.29 is 12.9 Å². The Morgan fingerprint density at radius 2 is 2.00 bits per heavy atom. The largest absolute Gasteiger partial charge is 0.334 e. The second-order valence-electron chi connectivity index (χ2n) is 5.37. The minimum Gasteiger partial charge on any atom is -0.334 e. The standard InChI is InChI=1S/C14H20N4O3S.ClH/c1-8-5-11(7-12(10(8)3)22(15,19)20)14-17-13(18-21-14)6-9(2)16-4;/h5,7,9,16H,6H2,1-4H3,(H2,15,19,20);1H. The molecule has 1 heterocycles. The van der Waals surface area contributed by atoms with Crippen molar-refractivity contribution in [2.75, 3.05) is 7.05 Å². The van der Waals surface area contributed by atoms with Crippen LogP contribution in [-0.4, -0.2) is 31.6 Å². The SMILES string of the molecule is CNC(C)Cc1noc(-c2cc(C)c(C)c(S(N)(=O)=O)c2)n1.Cl. The molecular formula is C14H21ClN4O3S. The first-order valence-corrected chi connectivity index (χ1v) is 8.41. The van der Waals surface area contributed by atoms with Crippen LogP contribution in [0.25, 0.3) is 11.5 Å². The Kier molecular flexibility index (Phi) is 6.29. The lowest BCUT2D eigenvalue weighted by Crippen LogP contribution is -2.24. The number of hydrogen-bond donors (Lipinski definition) is 2. The number of nitrogens with two attached hydrogens (primary N) is 1. The molecule has 0 aliphatic rings. The fraction of sp³-hybridized carbons (Fsp3) is 0.429. The molecule has 0 amide bonds. The Morgan fingerprint density at radius 3 is 2.57 bits per heavy atom. The molecular weight excluding hydrogens is 340 g/mol. The Balaban J connectivity index is 0.00000264. The molecule has 0 aliphatic carbocycles. The van der Waals surface area contributed by atoms with Crippen LogP contribution in [0.4, 0.5) is 0 Å². The van der Waals surface area contributed by atoms with Gasteiger partial charge in [0.2, 0.25) is 10.0 Å². The maximum absolute atomic E-state index is 11.7. The van der Waals surface area contributed by atoms with Crippen LogP contribution in [-0.2, 0) is 16.4 Å². The molecule has 1 aromatic carbocycles. The third kappa shape index (κ3) is 4.51. The summed E-state index contributed by atoms with van der Waals surface area (Å²) in [7, 11) is -1.95. The topological polar surface area (TPSA) is 111 Å². The molecule has 1 unspecified atom stereocenters. The van der Waals surface area contributed by atoms with Gasteiger partial charge >= 0.3 is 0 Å². The number of primary sulfonamides is 1. The summed E-state index contributed by atoms with van der Waals surface area (Å²) >= 11 is 0. The summed E-state index contributed by atoms with van der Waals surface area (Å²) in [5.74, 6) is 0.846. The molecule has 0 saturated carbocycles. The van der Waals surface area contributed by atoms with Crippen LogP contribution in [0.1, 0.15) is 23.9 Å². The molecule has 0 spiro atoms. The maximum Gasteiger partial charge on any atom is 0.257 e. The van der Waals surface area contributed by atoms with E-state index in [1.54, 1.807) is 6.92 Å². The molecule has 2 rings (SSSR count). The smallest absolute Gasteiger partial charge is 0.257 e. The average molecular weight is 361 g/mol. The predicted molar refractivity (Wildman–Crippen MR) is 90.1 cm³/mol. The fourth-order valence-corrected chi connectivity index (χ4v) is 2.96. The van der Waals surface area contributed by atoms with Gasteiger partial charge in [-0.1, -0.05) is 5.16 Å². The Morgan fingerprint density at radius 1 is 1.35 bits per heavy atom. The number of aromatic nitrogens is 2. The monoisotopic (exact) mass is 360 g/mol. The van der Waals surface area contributed by atoms with Gasteiger partial charge in [-0.2, -0.15) is 4.98 Å². The average Bonchev–Trinajstić information content (AvgIpc) is 2.88. The molecule has 2 aromatic rings. The summed E-state index contributed by atoms with van der Waals surface area (Å²) < 4.78 is 28.6. The molecule has 3 N–H and O–H groups in total. The molecule has 1 aromatic heterocycles. The zero-order chi connectivity index (χ0) is 16.5. The van der Waals surface area contributed by atoms with Crippen molar-refractivity contribution in [3.63, 3.8) is 0 Å². The highest BCUT2D eigenvalue weighted by Crippen LogP contribution is 2.26. The molecule has 1 atom stereocenters. The van der Waals surface area contributed by atoms with Gasteiger partial charge in [0.25, 0.3) is 5.89 Å². The summed E-state index contributed by atoms with van der Waals surface area (Å²) in [5, 5.41) is 12.3. The highest BCUT2D eigenvalue weighted by atomic mass is 35.5. The van der Waals surface area contributed by atoms with Gasteiger partial charge in [-0.05, 0) is 51.1 Å². The number of nitrogens with zero attached hydrogens (tertiary/aromatic N) is 2. The van der Waals surface area contributed by atoms with Gasteiger partial charge in [0.1, 0.15) is 0 Å². The van der Waals surface area contributed by atoms with Gasteiger partial charge in [0.15, 0.2) is 5.82 Å². The second-order valence-corrected chi connectivity index (χ2v) is 6.90. The lowest BCUT2D eigenvalue weighted by atomic mass is 10.1. The van der Waals surface area contributed by atoms with Crippen LogP contribution in [0.2, 0.25) is 0 Å². The highest BCUT2D eigenvalue weighted by molar-refractivity contribution is 7.89. The van der Waals surface area contributed by atoms with Crippen molar-refractivity contribution in [3.8, 4) is 11.5 Å². The molecule has 0 saturated heterocycles. The van der Waals surface area contributed by atoms with Crippen molar-refractivity contribution in [3.05, 3.63) is 29.1 Å². The van der Waals surface area contributed by atoms with E-state index >= 15 is 0 Å². The van der Waals surface area contributed by atoms with Crippen LogP contribution in [0.3, 0.4) is 0 Å².